The van der Waals surface area contributed by atoms with E-state index in [9.17, 15) is 18.4 Å². The van der Waals surface area contributed by atoms with E-state index in [1.807, 2.05) is 0 Å². The van der Waals surface area contributed by atoms with Crippen LogP contribution in [0.4, 0.5) is 8.78 Å². The van der Waals surface area contributed by atoms with Gasteiger partial charge in [-0.1, -0.05) is 23.7 Å². The number of ketones is 2. The van der Waals surface area contributed by atoms with Crippen molar-refractivity contribution in [2.45, 2.75) is 13.0 Å². The summed E-state index contributed by atoms with van der Waals surface area (Å²) < 4.78 is 27.8. The molecule has 7 heteroatoms. The van der Waals surface area contributed by atoms with Crippen LogP contribution < -0.4 is 4.57 Å². The molecule has 0 fully saturated rings. The summed E-state index contributed by atoms with van der Waals surface area (Å²) in [5, 5.41) is 0.462. The first-order chi connectivity index (χ1) is 12.4. The molecule has 1 N–H and O–H groups in total. The lowest BCUT2D eigenvalue weighted by Crippen LogP contribution is -2.40. The van der Waals surface area contributed by atoms with Gasteiger partial charge in [-0.3, -0.25) is 9.59 Å². The largest absolute Gasteiger partial charge is 0.293 e. The molecule has 2 aromatic carbocycles. The molecule has 1 aromatic heterocycles. The summed E-state index contributed by atoms with van der Waals surface area (Å²) in [6.45, 7) is -0.104. The molecule has 0 amide bonds. The lowest BCUT2D eigenvalue weighted by molar-refractivity contribution is -0.688. The summed E-state index contributed by atoms with van der Waals surface area (Å²) in [4.78, 5) is 27.6. The molecule has 0 atom stereocenters. The number of Topliss-reactive ketones (excluding diaryl/α,β-unsaturated/α-hetero) is 2. The first-order valence-electron chi connectivity index (χ1n) is 7.77. The molecule has 0 bridgehead atoms. The fraction of sp³-hybridized carbons (Fsp3) is 0.105. The first kappa shape index (κ1) is 17.9. The summed E-state index contributed by atoms with van der Waals surface area (Å²) in [5.74, 6) is -2.13. The van der Waals surface area contributed by atoms with E-state index in [1.165, 1.54) is 6.07 Å². The van der Waals surface area contributed by atoms with E-state index in [0.717, 1.165) is 12.1 Å². The molecule has 0 unspecified atom stereocenters. The molecule has 0 saturated carbocycles. The van der Waals surface area contributed by atoms with Gasteiger partial charge in [0.2, 0.25) is 5.78 Å². The Labute approximate surface area is 153 Å². The molecule has 0 aliphatic carbocycles. The van der Waals surface area contributed by atoms with Crippen LogP contribution in [0.5, 0.6) is 0 Å². The molecule has 26 heavy (non-hydrogen) atoms. The standard InChI is InChI=1S/C19H13ClF2N2O2/c20-14-3-1-2-12(8-14)17(25)10-19-23-6-7-24(19)11-18(26)13-4-5-15(21)16(22)9-13/h1-9H,10-11H2/p+1. The predicted molar refractivity (Wildman–Crippen MR) is 91.2 cm³/mol. The number of nitrogens with one attached hydrogen (secondary N) is 1. The molecule has 4 nitrogen and oxygen atoms in total. The van der Waals surface area contributed by atoms with Gasteiger partial charge in [0, 0.05) is 16.1 Å². The minimum atomic E-state index is -1.08. The van der Waals surface area contributed by atoms with Gasteiger partial charge in [-0.25, -0.2) is 18.3 Å². The van der Waals surface area contributed by atoms with Crippen molar-refractivity contribution in [1.82, 2.24) is 4.98 Å². The number of benzene rings is 2. The lowest BCUT2D eigenvalue weighted by atomic mass is 10.1. The topological polar surface area (TPSA) is 53.8 Å². The Balaban J connectivity index is 1.75. The summed E-state index contributed by atoms with van der Waals surface area (Å²) in [7, 11) is 0. The van der Waals surface area contributed by atoms with Crippen LogP contribution in [0.2, 0.25) is 5.02 Å². The third-order valence-electron chi connectivity index (χ3n) is 3.88. The second-order valence-electron chi connectivity index (χ2n) is 5.70. The smallest absolute Gasteiger partial charge is 0.262 e. The highest BCUT2D eigenvalue weighted by Crippen LogP contribution is 2.13. The number of imidazole rings is 1. The highest BCUT2D eigenvalue weighted by molar-refractivity contribution is 6.31. The molecule has 132 valence electrons. The minimum Gasteiger partial charge on any atom is -0.293 e. The Bertz CT molecular complexity index is 985. The number of aromatic amines is 1. The number of halogens is 3. The van der Waals surface area contributed by atoms with Gasteiger partial charge in [-0.05, 0) is 30.3 Å². The molecular formula is C19H14ClF2N2O2+. The second kappa shape index (κ2) is 7.58. The average molecular weight is 376 g/mol. The van der Waals surface area contributed by atoms with Gasteiger partial charge in [-0.2, -0.15) is 0 Å². The molecule has 0 aliphatic rings. The highest BCUT2D eigenvalue weighted by Gasteiger charge is 2.20. The van der Waals surface area contributed by atoms with Crippen LogP contribution in [0.3, 0.4) is 0 Å². The number of aromatic nitrogens is 2. The SMILES string of the molecule is O=C(Cc1[nH]cc[n+]1CC(=O)c1ccc(F)c(F)c1)c1cccc(Cl)c1. The number of hydrogen-bond donors (Lipinski definition) is 1. The van der Waals surface area contributed by atoms with Crippen LogP contribution >= 0.6 is 11.6 Å². The zero-order chi connectivity index (χ0) is 18.7. The van der Waals surface area contributed by atoms with Gasteiger partial charge in [0.05, 0.1) is 0 Å². The van der Waals surface area contributed by atoms with Crippen molar-refractivity contribution in [3.63, 3.8) is 0 Å². The zero-order valence-corrected chi connectivity index (χ0v) is 14.3. The third kappa shape index (κ3) is 4.03. The van der Waals surface area contributed by atoms with Gasteiger partial charge in [-0.15, -0.1) is 0 Å². The van der Waals surface area contributed by atoms with Gasteiger partial charge < -0.3 is 0 Å². The molecule has 0 aliphatic heterocycles. The highest BCUT2D eigenvalue weighted by atomic mass is 35.5. The molecule has 0 radical (unpaired) electrons. The van der Waals surface area contributed by atoms with Crippen LogP contribution in [0.1, 0.15) is 26.5 Å². The molecule has 1 heterocycles. The van der Waals surface area contributed by atoms with E-state index >= 15 is 0 Å². The van der Waals surface area contributed by atoms with E-state index in [1.54, 1.807) is 41.2 Å². The van der Waals surface area contributed by atoms with Crippen molar-refractivity contribution in [2.75, 3.05) is 0 Å². The molecule has 3 rings (SSSR count). The second-order valence-corrected chi connectivity index (χ2v) is 6.13. The zero-order valence-electron chi connectivity index (χ0n) is 13.5. The fourth-order valence-electron chi connectivity index (χ4n) is 2.53. The monoisotopic (exact) mass is 375 g/mol. The number of carbonyl (C=O) groups is 2. The molecular weight excluding hydrogens is 362 g/mol. The third-order valence-corrected chi connectivity index (χ3v) is 4.12. The van der Waals surface area contributed by atoms with E-state index in [0.29, 0.717) is 16.4 Å². The Kier molecular flexibility index (Phi) is 5.23. The maximum absolute atomic E-state index is 13.3. The van der Waals surface area contributed by atoms with Gasteiger partial charge in [0.1, 0.15) is 18.8 Å². The summed E-state index contributed by atoms with van der Waals surface area (Å²) in [6.07, 6.45) is 3.25. The van der Waals surface area contributed by atoms with Crippen molar-refractivity contribution in [1.29, 1.82) is 0 Å². The maximum atomic E-state index is 13.3. The van der Waals surface area contributed by atoms with Crippen LogP contribution in [0, 0.1) is 11.6 Å². The van der Waals surface area contributed by atoms with Crippen molar-refractivity contribution in [2.24, 2.45) is 0 Å². The Morgan fingerprint density at radius 2 is 1.77 bits per heavy atom. The summed E-state index contributed by atoms with van der Waals surface area (Å²) in [6, 6.07) is 9.59. The maximum Gasteiger partial charge on any atom is 0.262 e. The lowest BCUT2D eigenvalue weighted by Gasteiger charge is -2.03. The molecule has 0 saturated heterocycles. The number of H-pyrrole nitrogens is 1. The van der Waals surface area contributed by atoms with E-state index < -0.39 is 17.4 Å². The van der Waals surface area contributed by atoms with Crippen molar-refractivity contribution in [3.05, 3.63) is 88.5 Å². The van der Waals surface area contributed by atoms with Gasteiger partial charge >= 0.3 is 0 Å². The first-order valence-corrected chi connectivity index (χ1v) is 8.14. The number of nitrogens with zero attached hydrogens (tertiary/aromatic N) is 1. The Morgan fingerprint density at radius 1 is 1.00 bits per heavy atom. The number of carbonyl (C=O) groups excluding carboxylic acids is 2. The van der Waals surface area contributed by atoms with Crippen LogP contribution in [-0.2, 0) is 13.0 Å². The van der Waals surface area contributed by atoms with Gasteiger partial charge in [0.25, 0.3) is 5.82 Å². The van der Waals surface area contributed by atoms with Crippen molar-refractivity contribution >= 4 is 23.2 Å². The van der Waals surface area contributed by atoms with E-state index in [2.05, 4.69) is 4.98 Å². The Hall–Kier alpha value is -2.86. The minimum absolute atomic E-state index is 0.0401. The summed E-state index contributed by atoms with van der Waals surface area (Å²) >= 11 is 5.90. The quantitative estimate of drug-likeness (QED) is 0.529. The average Bonchev–Trinajstić information content (AvgIpc) is 3.04. The van der Waals surface area contributed by atoms with E-state index in [-0.39, 0.29) is 24.3 Å². The van der Waals surface area contributed by atoms with Crippen molar-refractivity contribution in [3.8, 4) is 0 Å². The number of rotatable bonds is 6. The molecule has 3 aromatic rings. The normalized spacial score (nSPS) is 10.7. The summed E-state index contributed by atoms with van der Waals surface area (Å²) in [5.41, 5.74) is 0.523. The Morgan fingerprint density at radius 3 is 2.50 bits per heavy atom. The molecule has 0 spiro atoms. The van der Waals surface area contributed by atoms with Crippen LogP contribution in [0.15, 0.2) is 54.9 Å². The van der Waals surface area contributed by atoms with Gasteiger partial charge in [0.15, 0.2) is 24.0 Å². The van der Waals surface area contributed by atoms with Crippen LogP contribution in [-0.4, -0.2) is 16.6 Å². The van der Waals surface area contributed by atoms with E-state index in [4.69, 9.17) is 11.6 Å². The van der Waals surface area contributed by atoms with Crippen molar-refractivity contribution < 1.29 is 22.9 Å². The fourth-order valence-corrected chi connectivity index (χ4v) is 2.72. The number of hydrogen-bond acceptors (Lipinski definition) is 2. The van der Waals surface area contributed by atoms with Crippen LogP contribution in [0.25, 0.3) is 0 Å². The predicted octanol–water partition coefficient (Wildman–Crippen LogP) is 3.54.